The zero-order chi connectivity index (χ0) is 14.8. The number of carboxylic acids is 1. The Labute approximate surface area is 109 Å². The van der Waals surface area contributed by atoms with Gasteiger partial charge in [0, 0.05) is 19.6 Å². The number of carboxylic acid groups (broad SMARTS) is 1. The van der Waals surface area contributed by atoms with E-state index in [9.17, 15) is 22.8 Å². The van der Waals surface area contributed by atoms with E-state index in [0.29, 0.717) is 17.7 Å². The first-order chi connectivity index (χ1) is 8.61. The Kier molecular flexibility index (Phi) is 4.65. The second-order valence-corrected chi connectivity index (χ2v) is 4.87. The van der Waals surface area contributed by atoms with E-state index in [4.69, 9.17) is 5.11 Å². The zero-order valence-electron chi connectivity index (χ0n) is 10.8. The van der Waals surface area contributed by atoms with Gasteiger partial charge in [-0.1, -0.05) is 0 Å². The fourth-order valence-corrected chi connectivity index (χ4v) is 2.13. The van der Waals surface area contributed by atoms with Gasteiger partial charge in [-0.05, 0) is 19.8 Å². The van der Waals surface area contributed by atoms with Crippen molar-refractivity contribution >= 4 is 12.0 Å². The third kappa shape index (κ3) is 4.29. The molecule has 8 heteroatoms. The van der Waals surface area contributed by atoms with Crippen molar-refractivity contribution in [3.8, 4) is 0 Å². The van der Waals surface area contributed by atoms with E-state index in [1.165, 1.54) is 4.90 Å². The normalized spacial score (nSPS) is 24.2. The quantitative estimate of drug-likeness (QED) is 0.840. The largest absolute Gasteiger partial charge is 0.481 e. The standard InChI is InChI=1S/C11H17F3N2O3/c1-7-3-4-8(9(17)18)5-16(7)10(19)15(2)6-11(12,13)14/h7-8H,3-6H2,1-2H3,(H,17,18). The minimum Gasteiger partial charge on any atom is -0.481 e. The van der Waals surface area contributed by atoms with Crippen LogP contribution in [0.5, 0.6) is 0 Å². The second-order valence-electron chi connectivity index (χ2n) is 4.87. The van der Waals surface area contributed by atoms with Gasteiger partial charge in [-0.25, -0.2) is 4.79 Å². The molecule has 0 bridgehead atoms. The summed E-state index contributed by atoms with van der Waals surface area (Å²) in [5.74, 6) is -1.73. The molecule has 1 aliphatic rings. The molecule has 1 saturated heterocycles. The molecule has 0 aromatic rings. The summed E-state index contributed by atoms with van der Waals surface area (Å²) >= 11 is 0. The van der Waals surface area contributed by atoms with E-state index in [0.717, 1.165) is 7.05 Å². The average Bonchev–Trinajstić information content (AvgIpc) is 2.26. The summed E-state index contributed by atoms with van der Waals surface area (Å²) in [6, 6.07) is -1.03. The highest BCUT2D eigenvalue weighted by Gasteiger charge is 2.37. The molecule has 19 heavy (non-hydrogen) atoms. The lowest BCUT2D eigenvalue weighted by Gasteiger charge is -2.38. The highest BCUT2D eigenvalue weighted by Crippen LogP contribution is 2.24. The van der Waals surface area contributed by atoms with Crippen LogP contribution in [-0.4, -0.2) is 59.3 Å². The lowest BCUT2D eigenvalue weighted by molar-refractivity contribution is -0.145. The molecule has 0 saturated carbocycles. The van der Waals surface area contributed by atoms with Gasteiger partial charge in [0.15, 0.2) is 0 Å². The number of rotatable bonds is 2. The maximum atomic E-state index is 12.2. The molecule has 0 spiro atoms. The van der Waals surface area contributed by atoms with Gasteiger partial charge in [0.05, 0.1) is 5.92 Å². The Hall–Kier alpha value is -1.47. The Morgan fingerprint density at radius 1 is 1.37 bits per heavy atom. The van der Waals surface area contributed by atoms with Crippen molar-refractivity contribution in [1.82, 2.24) is 9.80 Å². The molecule has 0 radical (unpaired) electrons. The Morgan fingerprint density at radius 3 is 2.42 bits per heavy atom. The molecule has 2 atom stereocenters. The van der Waals surface area contributed by atoms with Gasteiger partial charge in [0.25, 0.3) is 0 Å². The van der Waals surface area contributed by atoms with Crippen LogP contribution in [0.2, 0.25) is 0 Å². The summed E-state index contributed by atoms with van der Waals surface area (Å²) in [7, 11) is 1.06. The average molecular weight is 282 g/mol. The molecule has 110 valence electrons. The molecule has 5 nitrogen and oxygen atoms in total. The summed E-state index contributed by atoms with van der Waals surface area (Å²) < 4.78 is 36.7. The van der Waals surface area contributed by atoms with Gasteiger partial charge in [-0.3, -0.25) is 4.79 Å². The monoisotopic (exact) mass is 282 g/mol. The van der Waals surface area contributed by atoms with E-state index in [1.807, 2.05) is 0 Å². The van der Waals surface area contributed by atoms with E-state index in [2.05, 4.69) is 0 Å². The predicted molar refractivity (Wildman–Crippen MR) is 60.6 cm³/mol. The Balaban J connectivity index is 2.70. The highest BCUT2D eigenvalue weighted by molar-refractivity contribution is 5.76. The fourth-order valence-electron chi connectivity index (χ4n) is 2.13. The molecular weight excluding hydrogens is 265 g/mol. The van der Waals surface area contributed by atoms with Gasteiger partial charge < -0.3 is 14.9 Å². The SMILES string of the molecule is CC1CCC(C(=O)O)CN1C(=O)N(C)CC(F)(F)F. The van der Waals surface area contributed by atoms with Crippen LogP contribution in [0.25, 0.3) is 0 Å². The van der Waals surface area contributed by atoms with Crippen molar-refractivity contribution < 1.29 is 27.9 Å². The topological polar surface area (TPSA) is 60.9 Å². The number of carbonyl (C=O) groups is 2. The van der Waals surface area contributed by atoms with Crippen LogP contribution in [-0.2, 0) is 4.79 Å². The minimum absolute atomic E-state index is 0.0441. The van der Waals surface area contributed by atoms with Crippen molar-refractivity contribution in [2.45, 2.75) is 32.0 Å². The highest BCUT2D eigenvalue weighted by atomic mass is 19.4. The van der Waals surface area contributed by atoms with Crippen LogP contribution in [0.4, 0.5) is 18.0 Å². The van der Waals surface area contributed by atoms with E-state index in [1.54, 1.807) is 6.92 Å². The summed E-state index contributed by atoms with van der Waals surface area (Å²) in [6.07, 6.45) is -3.55. The number of urea groups is 1. The van der Waals surface area contributed by atoms with Crippen LogP contribution >= 0.6 is 0 Å². The molecule has 1 heterocycles. The molecule has 0 aromatic heterocycles. The number of alkyl halides is 3. The molecule has 0 aromatic carbocycles. The third-order valence-corrected chi connectivity index (χ3v) is 3.22. The molecule has 2 unspecified atom stereocenters. The van der Waals surface area contributed by atoms with Gasteiger partial charge in [0.1, 0.15) is 6.54 Å². The number of hydrogen-bond donors (Lipinski definition) is 1. The number of aliphatic carboxylic acids is 1. The molecular formula is C11H17F3N2O3. The van der Waals surface area contributed by atoms with Crippen molar-refractivity contribution in [1.29, 1.82) is 0 Å². The number of halogens is 3. The Bertz CT molecular complexity index is 360. The van der Waals surface area contributed by atoms with Crippen molar-refractivity contribution in [2.75, 3.05) is 20.1 Å². The number of amides is 2. The summed E-state index contributed by atoms with van der Waals surface area (Å²) in [5.41, 5.74) is 0. The smallest absolute Gasteiger partial charge is 0.406 e. The Morgan fingerprint density at radius 2 is 1.95 bits per heavy atom. The number of likely N-dealkylation sites (tertiary alicyclic amines) is 1. The lowest BCUT2D eigenvalue weighted by Crippen LogP contribution is -2.53. The molecule has 1 rings (SSSR count). The number of carbonyl (C=O) groups excluding carboxylic acids is 1. The van der Waals surface area contributed by atoms with E-state index >= 15 is 0 Å². The van der Waals surface area contributed by atoms with Crippen LogP contribution < -0.4 is 0 Å². The molecule has 1 N–H and O–H groups in total. The van der Waals surface area contributed by atoms with Crippen molar-refractivity contribution in [3.63, 3.8) is 0 Å². The maximum Gasteiger partial charge on any atom is 0.406 e. The maximum absolute atomic E-state index is 12.2. The lowest BCUT2D eigenvalue weighted by atomic mass is 9.94. The second kappa shape index (κ2) is 5.66. The van der Waals surface area contributed by atoms with Crippen LogP contribution in [0.1, 0.15) is 19.8 Å². The first kappa shape index (κ1) is 15.6. The summed E-state index contributed by atoms with van der Waals surface area (Å²) in [4.78, 5) is 24.6. The summed E-state index contributed by atoms with van der Waals surface area (Å²) in [6.45, 7) is 0.321. The van der Waals surface area contributed by atoms with Crippen molar-refractivity contribution in [2.24, 2.45) is 5.92 Å². The molecule has 2 amide bonds. The molecule has 1 aliphatic heterocycles. The van der Waals surface area contributed by atoms with Gasteiger partial charge in [0.2, 0.25) is 0 Å². The number of nitrogens with zero attached hydrogens (tertiary/aromatic N) is 2. The first-order valence-electron chi connectivity index (χ1n) is 5.93. The predicted octanol–water partition coefficient (Wildman–Crippen LogP) is 1.79. The van der Waals surface area contributed by atoms with Crippen LogP contribution in [0.15, 0.2) is 0 Å². The zero-order valence-corrected chi connectivity index (χ0v) is 10.8. The number of piperidine rings is 1. The van der Waals surface area contributed by atoms with Crippen LogP contribution in [0, 0.1) is 5.92 Å². The van der Waals surface area contributed by atoms with Gasteiger partial charge in [-0.2, -0.15) is 13.2 Å². The third-order valence-electron chi connectivity index (χ3n) is 3.22. The fraction of sp³-hybridized carbons (Fsp3) is 0.818. The number of hydrogen-bond acceptors (Lipinski definition) is 2. The molecule has 0 aliphatic carbocycles. The molecule has 1 fully saturated rings. The minimum atomic E-state index is -4.46. The van der Waals surface area contributed by atoms with Gasteiger partial charge in [-0.15, -0.1) is 0 Å². The van der Waals surface area contributed by atoms with E-state index < -0.39 is 30.6 Å². The van der Waals surface area contributed by atoms with Crippen molar-refractivity contribution in [3.05, 3.63) is 0 Å². The van der Waals surface area contributed by atoms with E-state index in [-0.39, 0.29) is 12.6 Å². The van der Waals surface area contributed by atoms with Gasteiger partial charge >= 0.3 is 18.2 Å². The van der Waals surface area contributed by atoms with Crippen LogP contribution in [0.3, 0.4) is 0 Å². The first-order valence-corrected chi connectivity index (χ1v) is 5.93. The summed E-state index contributed by atoms with van der Waals surface area (Å²) in [5, 5.41) is 8.92.